The van der Waals surface area contributed by atoms with Gasteiger partial charge in [0.1, 0.15) is 5.75 Å². The van der Waals surface area contributed by atoms with Crippen LogP contribution in [0.25, 0.3) is 16.0 Å². The van der Waals surface area contributed by atoms with Crippen molar-refractivity contribution < 1.29 is 9.53 Å². The third-order valence-electron chi connectivity index (χ3n) is 3.79. The lowest BCUT2D eigenvalue weighted by Crippen LogP contribution is -2.05. The molecule has 2 nitrogen and oxygen atoms in total. The molecule has 25 heavy (non-hydrogen) atoms. The van der Waals surface area contributed by atoms with Gasteiger partial charge in [-0.2, -0.15) is 0 Å². The van der Waals surface area contributed by atoms with Crippen LogP contribution in [0.5, 0.6) is 5.75 Å². The summed E-state index contributed by atoms with van der Waals surface area (Å²) < 4.78 is 5.41. The zero-order chi connectivity index (χ0) is 18.0. The minimum atomic E-state index is -0.322. The Morgan fingerprint density at radius 2 is 1.80 bits per heavy atom. The van der Waals surface area contributed by atoms with Gasteiger partial charge in [-0.05, 0) is 47.3 Å². The minimum absolute atomic E-state index is 0.249. The van der Waals surface area contributed by atoms with Crippen LogP contribution in [0, 0.1) is 0 Å². The highest BCUT2D eigenvalue weighted by Crippen LogP contribution is 2.36. The fraction of sp³-hybridized carbons (Fsp3) is 0.0500. The van der Waals surface area contributed by atoms with E-state index in [1.54, 1.807) is 36.6 Å². The van der Waals surface area contributed by atoms with E-state index in [1.807, 2.05) is 35.7 Å². The van der Waals surface area contributed by atoms with Gasteiger partial charge in [-0.25, -0.2) is 0 Å². The van der Waals surface area contributed by atoms with Gasteiger partial charge in [0.05, 0.1) is 22.7 Å². The third-order valence-corrected chi connectivity index (χ3v) is 5.34. The molecule has 0 bridgehead atoms. The van der Waals surface area contributed by atoms with Crippen LogP contribution in [0.1, 0.15) is 15.9 Å². The first-order chi connectivity index (χ1) is 12.0. The summed E-state index contributed by atoms with van der Waals surface area (Å²) in [5.74, 6) is 0.249. The SMILES string of the molecule is C=C(C(=O)c1c(Cl)cccc1Cl)c1cc(-c2cccs2)ccc1OC. The molecule has 0 saturated heterocycles. The van der Waals surface area contributed by atoms with E-state index < -0.39 is 0 Å². The Kier molecular flexibility index (Phi) is 5.28. The molecule has 0 amide bonds. The number of allylic oxidation sites excluding steroid dienone is 1. The van der Waals surface area contributed by atoms with Gasteiger partial charge in [-0.3, -0.25) is 4.79 Å². The molecule has 1 heterocycles. The lowest BCUT2D eigenvalue weighted by atomic mass is 9.95. The smallest absolute Gasteiger partial charge is 0.196 e. The lowest BCUT2D eigenvalue weighted by Gasteiger charge is -2.13. The molecule has 0 aliphatic rings. The second kappa shape index (κ2) is 7.44. The van der Waals surface area contributed by atoms with Crippen molar-refractivity contribution in [2.24, 2.45) is 0 Å². The van der Waals surface area contributed by atoms with Crippen LogP contribution < -0.4 is 4.74 Å². The van der Waals surface area contributed by atoms with Gasteiger partial charge in [-0.15, -0.1) is 11.3 Å². The van der Waals surface area contributed by atoms with Crippen LogP contribution in [0.4, 0.5) is 0 Å². The Balaban J connectivity index is 2.07. The van der Waals surface area contributed by atoms with E-state index in [4.69, 9.17) is 27.9 Å². The highest BCUT2D eigenvalue weighted by atomic mass is 35.5. The molecule has 0 unspecified atom stereocenters. The Morgan fingerprint density at radius 3 is 2.40 bits per heavy atom. The summed E-state index contributed by atoms with van der Waals surface area (Å²) in [5, 5.41) is 2.60. The fourth-order valence-corrected chi connectivity index (χ4v) is 3.82. The quantitative estimate of drug-likeness (QED) is 0.362. The minimum Gasteiger partial charge on any atom is -0.496 e. The van der Waals surface area contributed by atoms with Crippen molar-refractivity contribution in [1.82, 2.24) is 0 Å². The van der Waals surface area contributed by atoms with Gasteiger partial charge in [0.25, 0.3) is 0 Å². The summed E-state index contributed by atoms with van der Waals surface area (Å²) in [4.78, 5) is 14.0. The number of ether oxygens (including phenoxy) is 1. The summed E-state index contributed by atoms with van der Waals surface area (Å²) in [5.41, 5.74) is 2.14. The molecule has 0 saturated carbocycles. The van der Waals surface area contributed by atoms with Crippen LogP contribution in [0.2, 0.25) is 10.0 Å². The van der Waals surface area contributed by atoms with Crippen molar-refractivity contribution in [3.63, 3.8) is 0 Å². The summed E-state index contributed by atoms with van der Waals surface area (Å²) in [6, 6.07) is 14.6. The average Bonchev–Trinajstić information content (AvgIpc) is 3.15. The molecule has 0 aliphatic heterocycles. The molecule has 0 radical (unpaired) electrons. The van der Waals surface area contributed by atoms with E-state index in [9.17, 15) is 4.79 Å². The molecule has 3 aromatic rings. The second-order valence-electron chi connectivity index (χ2n) is 5.30. The molecule has 1 aromatic heterocycles. The number of methoxy groups -OCH3 is 1. The Bertz CT molecular complexity index is 926. The number of rotatable bonds is 5. The molecular formula is C20H14Cl2O2S. The maximum Gasteiger partial charge on any atom is 0.196 e. The van der Waals surface area contributed by atoms with E-state index in [0.29, 0.717) is 21.4 Å². The van der Waals surface area contributed by atoms with Crippen molar-refractivity contribution >= 4 is 45.9 Å². The van der Waals surface area contributed by atoms with E-state index in [-0.39, 0.29) is 16.9 Å². The normalized spacial score (nSPS) is 10.5. The monoisotopic (exact) mass is 388 g/mol. The Morgan fingerprint density at radius 1 is 1.08 bits per heavy atom. The molecule has 0 spiro atoms. The predicted octanol–water partition coefficient (Wildman–Crippen LogP) is 6.63. The third kappa shape index (κ3) is 3.49. The highest BCUT2D eigenvalue weighted by molar-refractivity contribution is 7.13. The topological polar surface area (TPSA) is 26.3 Å². The lowest BCUT2D eigenvalue weighted by molar-refractivity contribution is 0.105. The van der Waals surface area contributed by atoms with E-state index in [2.05, 4.69) is 6.58 Å². The van der Waals surface area contributed by atoms with E-state index in [0.717, 1.165) is 10.4 Å². The molecule has 5 heteroatoms. The first-order valence-electron chi connectivity index (χ1n) is 7.43. The Labute approximate surface area is 160 Å². The van der Waals surface area contributed by atoms with Gasteiger partial charge in [0.2, 0.25) is 0 Å². The number of hydrogen-bond acceptors (Lipinski definition) is 3. The van der Waals surface area contributed by atoms with Gasteiger partial charge in [-0.1, -0.05) is 41.9 Å². The first kappa shape index (κ1) is 17.7. The standard InChI is InChI=1S/C20H14Cl2O2S/c1-12(20(23)19-15(21)5-3-6-16(19)22)14-11-13(8-9-17(14)24-2)18-7-4-10-25-18/h3-11H,1H2,2H3. The second-order valence-corrected chi connectivity index (χ2v) is 7.06. The summed E-state index contributed by atoms with van der Waals surface area (Å²) in [6.45, 7) is 3.97. The van der Waals surface area contributed by atoms with Crippen LogP contribution in [0.3, 0.4) is 0 Å². The summed E-state index contributed by atoms with van der Waals surface area (Å²) in [7, 11) is 1.56. The molecule has 126 valence electrons. The Hall–Kier alpha value is -2.07. The van der Waals surface area contributed by atoms with Crippen molar-refractivity contribution in [3.05, 3.63) is 81.7 Å². The number of thiophene rings is 1. The van der Waals surface area contributed by atoms with E-state index >= 15 is 0 Å². The number of hydrogen-bond donors (Lipinski definition) is 0. The molecule has 3 rings (SSSR count). The van der Waals surface area contributed by atoms with E-state index in [1.165, 1.54) is 0 Å². The zero-order valence-electron chi connectivity index (χ0n) is 13.4. The van der Waals surface area contributed by atoms with Crippen LogP contribution >= 0.6 is 34.5 Å². The number of halogens is 2. The molecular weight excluding hydrogens is 375 g/mol. The van der Waals surface area contributed by atoms with Gasteiger partial charge in [0.15, 0.2) is 5.78 Å². The summed E-state index contributed by atoms with van der Waals surface area (Å²) in [6.07, 6.45) is 0. The fourth-order valence-electron chi connectivity index (χ4n) is 2.53. The van der Waals surface area contributed by atoms with Crippen LogP contribution in [0.15, 0.2) is 60.5 Å². The number of benzene rings is 2. The first-order valence-corrected chi connectivity index (χ1v) is 9.06. The van der Waals surface area contributed by atoms with Crippen molar-refractivity contribution in [3.8, 4) is 16.2 Å². The largest absolute Gasteiger partial charge is 0.496 e. The molecule has 0 N–H and O–H groups in total. The maximum atomic E-state index is 12.9. The van der Waals surface area contributed by atoms with Crippen molar-refractivity contribution in [1.29, 1.82) is 0 Å². The average molecular weight is 389 g/mol. The van der Waals surface area contributed by atoms with Crippen LogP contribution in [-0.2, 0) is 0 Å². The molecule has 0 atom stereocenters. The number of ketones is 1. The summed E-state index contributed by atoms with van der Waals surface area (Å²) >= 11 is 14.0. The van der Waals surface area contributed by atoms with Crippen LogP contribution in [-0.4, -0.2) is 12.9 Å². The van der Waals surface area contributed by atoms with Gasteiger partial charge >= 0.3 is 0 Å². The maximum absolute atomic E-state index is 12.9. The number of carbonyl (C=O) groups is 1. The number of Topliss-reactive ketones (excluding diaryl/α,β-unsaturated/α-hetero) is 1. The number of carbonyl (C=O) groups excluding carboxylic acids is 1. The predicted molar refractivity (Wildman–Crippen MR) is 106 cm³/mol. The molecule has 0 aliphatic carbocycles. The van der Waals surface area contributed by atoms with Gasteiger partial charge < -0.3 is 4.74 Å². The van der Waals surface area contributed by atoms with Crippen molar-refractivity contribution in [2.45, 2.75) is 0 Å². The van der Waals surface area contributed by atoms with Crippen molar-refractivity contribution in [2.75, 3.05) is 7.11 Å². The zero-order valence-corrected chi connectivity index (χ0v) is 15.7. The van der Waals surface area contributed by atoms with Gasteiger partial charge in [0, 0.05) is 16.0 Å². The highest BCUT2D eigenvalue weighted by Gasteiger charge is 2.21. The molecule has 2 aromatic carbocycles. The molecule has 0 fully saturated rings.